The smallest absolute Gasteiger partial charge is 0.239 e. The molecule has 6 rings (SSSR count). The van der Waals surface area contributed by atoms with Crippen LogP contribution < -0.4 is 10.6 Å². The maximum atomic E-state index is 15.0. The lowest BCUT2D eigenvalue weighted by Gasteiger charge is -2.51. The zero-order chi connectivity index (χ0) is 30.5. The predicted octanol–water partition coefficient (Wildman–Crippen LogP) is 5.60. The molecule has 43 heavy (non-hydrogen) atoms. The number of amides is 3. The molecule has 0 radical (unpaired) electrons. The van der Waals surface area contributed by atoms with Crippen LogP contribution in [0.5, 0.6) is 0 Å². The van der Waals surface area contributed by atoms with Gasteiger partial charge in [0.15, 0.2) is 0 Å². The zero-order valence-corrected chi connectivity index (χ0v) is 25.5. The topological polar surface area (TPSA) is 81.8 Å². The molecule has 3 atom stereocenters. The van der Waals surface area contributed by atoms with E-state index in [1.54, 1.807) is 42.5 Å². The van der Waals surface area contributed by atoms with Gasteiger partial charge in [-0.3, -0.25) is 14.4 Å². The SMILES string of the molecule is Cc1ccc(F)cc1[C@H]1N(CC(=O)NC2CCN(C)CC2)C(=O)C[C@@H](c2cccc(Cl)c2)[C@]12C(=O)Nc1cc(Cl)ccc12. The molecule has 7 nitrogen and oxygen atoms in total. The third kappa shape index (κ3) is 5.30. The summed E-state index contributed by atoms with van der Waals surface area (Å²) in [6.07, 6.45) is 1.56. The lowest BCUT2D eigenvalue weighted by molar-refractivity contribution is -0.149. The highest BCUT2D eigenvalue weighted by Gasteiger charge is 2.63. The largest absolute Gasteiger partial charge is 0.352 e. The highest BCUT2D eigenvalue weighted by molar-refractivity contribution is 6.31. The first-order chi connectivity index (χ1) is 20.6. The summed E-state index contributed by atoms with van der Waals surface area (Å²) in [6, 6.07) is 15.7. The van der Waals surface area contributed by atoms with Crippen molar-refractivity contribution < 1.29 is 18.8 Å². The molecule has 10 heteroatoms. The second-order valence-corrected chi connectivity index (χ2v) is 12.8. The van der Waals surface area contributed by atoms with Crippen LogP contribution in [0.1, 0.15) is 53.5 Å². The van der Waals surface area contributed by atoms with Crippen molar-refractivity contribution in [1.82, 2.24) is 15.1 Å². The number of hydrogen-bond donors (Lipinski definition) is 2. The third-order valence-corrected chi connectivity index (χ3v) is 9.70. The molecule has 0 aliphatic carbocycles. The van der Waals surface area contributed by atoms with Crippen molar-refractivity contribution in [2.75, 3.05) is 32.0 Å². The van der Waals surface area contributed by atoms with Crippen molar-refractivity contribution >= 4 is 46.6 Å². The molecule has 0 bridgehead atoms. The number of piperidine rings is 2. The van der Waals surface area contributed by atoms with Gasteiger partial charge in [0, 0.05) is 34.1 Å². The average molecular weight is 624 g/mol. The van der Waals surface area contributed by atoms with Gasteiger partial charge >= 0.3 is 0 Å². The predicted molar refractivity (Wildman–Crippen MR) is 165 cm³/mol. The van der Waals surface area contributed by atoms with E-state index in [1.807, 2.05) is 20.0 Å². The number of anilines is 1. The van der Waals surface area contributed by atoms with Crippen molar-refractivity contribution in [3.05, 3.63) is 98.8 Å². The van der Waals surface area contributed by atoms with Crippen LogP contribution in [0, 0.1) is 12.7 Å². The summed E-state index contributed by atoms with van der Waals surface area (Å²) in [7, 11) is 2.05. The Kier molecular flexibility index (Phi) is 7.96. The van der Waals surface area contributed by atoms with Crippen LogP contribution in [0.25, 0.3) is 0 Å². The van der Waals surface area contributed by atoms with E-state index in [4.69, 9.17) is 23.2 Å². The van der Waals surface area contributed by atoms with Crippen LogP contribution in [-0.2, 0) is 19.8 Å². The summed E-state index contributed by atoms with van der Waals surface area (Å²) in [5.74, 6) is -2.14. The molecule has 3 aliphatic rings. The quantitative estimate of drug-likeness (QED) is 0.388. The number of carbonyl (C=O) groups is 3. The lowest BCUT2D eigenvalue weighted by atomic mass is 9.58. The van der Waals surface area contributed by atoms with Crippen LogP contribution in [0.15, 0.2) is 60.7 Å². The fraction of sp³-hybridized carbons (Fsp3) is 0.364. The van der Waals surface area contributed by atoms with E-state index in [0.717, 1.165) is 25.9 Å². The van der Waals surface area contributed by atoms with E-state index in [2.05, 4.69) is 15.5 Å². The van der Waals surface area contributed by atoms with Crippen molar-refractivity contribution in [2.45, 2.75) is 49.6 Å². The minimum atomic E-state index is -1.41. The van der Waals surface area contributed by atoms with Crippen LogP contribution in [0.2, 0.25) is 10.0 Å². The first kappa shape index (κ1) is 29.6. The van der Waals surface area contributed by atoms with Crippen LogP contribution in [0.3, 0.4) is 0 Å². The van der Waals surface area contributed by atoms with Gasteiger partial charge in [0.25, 0.3) is 0 Å². The molecule has 224 valence electrons. The molecule has 0 saturated carbocycles. The number of hydrogen-bond acceptors (Lipinski definition) is 4. The fourth-order valence-electron chi connectivity index (χ4n) is 7.16. The van der Waals surface area contributed by atoms with Crippen molar-refractivity contribution in [2.24, 2.45) is 0 Å². The van der Waals surface area contributed by atoms with Gasteiger partial charge in [-0.15, -0.1) is 0 Å². The van der Waals surface area contributed by atoms with E-state index in [9.17, 15) is 14.4 Å². The van der Waals surface area contributed by atoms with Crippen molar-refractivity contribution in [3.63, 3.8) is 0 Å². The Morgan fingerprint density at radius 1 is 1.05 bits per heavy atom. The summed E-state index contributed by atoms with van der Waals surface area (Å²) >= 11 is 12.8. The maximum Gasteiger partial charge on any atom is 0.239 e. The third-order valence-electron chi connectivity index (χ3n) is 9.23. The standard InChI is InChI=1S/C33H33Cl2FN4O3/c1-19-6-8-23(36)16-25(19)31-33(26-9-7-22(35)15-28(26)38-32(33)43)27(20-4-3-5-21(34)14-20)17-30(42)40(31)18-29(41)37-24-10-12-39(2)13-11-24/h3-9,14-16,24,27,31H,10-13,17-18H2,1-2H3,(H,37,41)(H,38,43)/t27-,31+,33-/m0/s1. The molecule has 3 heterocycles. The number of fused-ring (bicyclic) bond motifs is 2. The number of aryl methyl sites for hydroxylation is 1. The van der Waals surface area contributed by atoms with E-state index in [1.165, 1.54) is 17.0 Å². The Morgan fingerprint density at radius 3 is 2.53 bits per heavy atom. The van der Waals surface area contributed by atoms with Crippen LogP contribution >= 0.6 is 23.2 Å². The van der Waals surface area contributed by atoms with Gasteiger partial charge in [-0.25, -0.2) is 4.39 Å². The van der Waals surface area contributed by atoms with Gasteiger partial charge in [-0.05, 0) is 98.6 Å². The number of nitrogens with one attached hydrogen (secondary N) is 2. The summed E-state index contributed by atoms with van der Waals surface area (Å²) in [5.41, 5.74) is 1.60. The number of nitrogens with zero attached hydrogens (tertiary/aromatic N) is 2. The summed E-state index contributed by atoms with van der Waals surface area (Å²) in [6.45, 7) is 3.28. The summed E-state index contributed by atoms with van der Waals surface area (Å²) in [4.78, 5) is 46.0. The first-order valence-electron chi connectivity index (χ1n) is 14.5. The van der Waals surface area contributed by atoms with Gasteiger partial charge < -0.3 is 20.4 Å². The van der Waals surface area contributed by atoms with Gasteiger partial charge in [-0.2, -0.15) is 0 Å². The van der Waals surface area contributed by atoms with E-state index < -0.39 is 23.2 Å². The second-order valence-electron chi connectivity index (χ2n) is 11.9. The van der Waals surface area contributed by atoms with Crippen molar-refractivity contribution in [1.29, 1.82) is 0 Å². The van der Waals surface area contributed by atoms with E-state index >= 15 is 4.39 Å². The van der Waals surface area contributed by atoms with Crippen LogP contribution in [-0.4, -0.2) is 60.2 Å². The summed E-state index contributed by atoms with van der Waals surface area (Å²) < 4.78 is 15.0. The molecular formula is C33H33Cl2FN4O3. The number of rotatable bonds is 5. The monoisotopic (exact) mass is 622 g/mol. The van der Waals surface area contributed by atoms with Gasteiger partial charge in [0.2, 0.25) is 17.7 Å². The molecule has 3 aromatic carbocycles. The average Bonchev–Trinajstić information content (AvgIpc) is 3.24. The molecule has 0 unspecified atom stereocenters. The molecule has 3 aliphatic heterocycles. The molecule has 2 fully saturated rings. The minimum Gasteiger partial charge on any atom is -0.352 e. The number of benzene rings is 3. The Labute approximate surface area is 260 Å². The summed E-state index contributed by atoms with van der Waals surface area (Å²) in [5, 5.41) is 7.02. The number of halogens is 3. The fourth-order valence-corrected chi connectivity index (χ4v) is 7.53. The van der Waals surface area contributed by atoms with Gasteiger partial charge in [0.05, 0.1) is 6.04 Å². The van der Waals surface area contributed by atoms with E-state index in [0.29, 0.717) is 38.0 Å². The molecule has 0 aromatic heterocycles. The maximum absolute atomic E-state index is 15.0. The number of carbonyl (C=O) groups excluding carboxylic acids is 3. The normalized spacial score (nSPS) is 24.3. The Hall–Kier alpha value is -3.46. The number of likely N-dealkylation sites (tertiary alicyclic amines) is 2. The van der Waals surface area contributed by atoms with Gasteiger partial charge in [-0.1, -0.05) is 47.5 Å². The lowest BCUT2D eigenvalue weighted by Crippen LogP contribution is -2.60. The molecular weight excluding hydrogens is 590 g/mol. The van der Waals surface area contributed by atoms with Gasteiger partial charge in [0.1, 0.15) is 17.8 Å². The molecule has 3 aromatic rings. The highest BCUT2D eigenvalue weighted by atomic mass is 35.5. The highest BCUT2D eigenvalue weighted by Crippen LogP contribution is 2.60. The van der Waals surface area contributed by atoms with Crippen LogP contribution in [0.4, 0.5) is 10.1 Å². The molecule has 2 saturated heterocycles. The minimum absolute atomic E-state index is 0.0104. The Balaban J connectivity index is 1.53. The molecule has 2 N–H and O–H groups in total. The molecule has 3 amide bonds. The van der Waals surface area contributed by atoms with E-state index in [-0.39, 0.29) is 36.7 Å². The molecule has 1 spiro atoms. The Bertz CT molecular complexity index is 1610. The second kappa shape index (κ2) is 11.6. The Morgan fingerprint density at radius 2 is 1.79 bits per heavy atom. The first-order valence-corrected chi connectivity index (χ1v) is 15.2. The van der Waals surface area contributed by atoms with Crippen molar-refractivity contribution in [3.8, 4) is 0 Å². The zero-order valence-electron chi connectivity index (χ0n) is 24.0.